The van der Waals surface area contributed by atoms with Crippen LogP contribution in [0.5, 0.6) is 0 Å². The summed E-state index contributed by atoms with van der Waals surface area (Å²) in [6.07, 6.45) is 6.34. The molecule has 0 aliphatic carbocycles. The lowest BCUT2D eigenvalue weighted by Crippen LogP contribution is -2.14. The first kappa shape index (κ1) is 18.8. The van der Waals surface area contributed by atoms with Crippen molar-refractivity contribution in [3.63, 3.8) is 0 Å². The molecule has 0 bridgehead atoms. The maximum absolute atomic E-state index is 12.7. The topological polar surface area (TPSA) is 34.9 Å². The number of rotatable bonds is 6. The van der Waals surface area contributed by atoms with Crippen LogP contribution in [0.25, 0.3) is 12.2 Å². The minimum Gasteiger partial charge on any atom is -0.292 e. The predicted molar refractivity (Wildman–Crippen MR) is 112 cm³/mol. The molecule has 0 saturated carbocycles. The molecular weight excluding hydrogens is 332 g/mol. The predicted octanol–water partition coefficient (Wildman–Crippen LogP) is 5.68. The zero-order valence-electron chi connectivity index (χ0n) is 16.4. The van der Waals surface area contributed by atoms with Crippen LogP contribution >= 0.6 is 0 Å². The molecule has 0 aliphatic heterocycles. The van der Waals surface area contributed by atoms with Gasteiger partial charge in [0, 0.05) is 18.7 Å². The van der Waals surface area contributed by atoms with Gasteiger partial charge in [0.25, 0.3) is 0 Å². The Morgan fingerprint density at radius 2 is 1.81 bits per heavy atom. The largest absolute Gasteiger partial charge is 0.292 e. The molecule has 0 unspecified atom stereocenters. The van der Waals surface area contributed by atoms with Crippen LogP contribution < -0.4 is 0 Å². The number of aryl methyl sites for hydroxylation is 2. The molecule has 0 aliphatic rings. The fourth-order valence-electron chi connectivity index (χ4n) is 3.19. The van der Waals surface area contributed by atoms with E-state index in [0.29, 0.717) is 12.1 Å². The van der Waals surface area contributed by atoms with E-state index >= 15 is 0 Å². The van der Waals surface area contributed by atoms with Crippen molar-refractivity contribution in [2.45, 2.75) is 40.2 Å². The second kappa shape index (κ2) is 8.17. The Kier molecular flexibility index (Phi) is 5.70. The van der Waals surface area contributed by atoms with E-state index in [-0.39, 0.29) is 11.8 Å². The molecule has 27 heavy (non-hydrogen) atoms. The number of hydrogen-bond donors (Lipinski definition) is 0. The van der Waals surface area contributed by atoms with Crippen molar-refractivity contribution in [2.24, 2.45) is 0 Å². The van der Waals surface area contributed by atoms with Crippen molar-refractivity contribution >= 4 is 17.9 Å². The Morgan fingerprint density at radius 1 is 1.04 bits per heavy atom. The van der Waals surface area contributed by atoms with E-state index in [1.54, 1.807) is 16.9 Å². The first-order chi connectivity index (χ1) is 13.0. The summed E-state index contributed by atoms with van der Waals surface area (Å²) >= 11 is 0. The molecule has 138 valence electrons. The van der Waals surface area contributed by atoms with E-state index in [1.807, 2.05) is 19.9 Å². The Bertz CT molecular complexity index is 980. The first-order valence-electron chi connectivity index (χ1n) is 9.35. The highest BCUT2D eigenvalue weighted by Crippen LogP contribution is 2.18. The van der Waals surface area contributed by atoms with Crippen molar-refractivity contribution in [3.05, 3.63) is 88.2 Å². The van der Waals surface area contributed by atoms with E-state index in [1.165, 1.54) is 11.1 Å². The summed E-state index contributed by atoms with van der Waals surface area (Å²) in [5.74, 6) is 0.104. The van der Waals surface area contributed by atoms with Crippen molar-refractivity contribution in [1.29, 1.82) is 0 Å². The highest BCUT2D eigenvalue weighted by molar-refractivity contribution is 5.96. The molecule has 3 nitrogen and oxygen atoms in total. The van der Waals surface area contributed by atoms with E-state index in [4.69, 9.17) is 0 Å². The molecule has 0 atom stereocenters. The summed E-state index contributed by atoms with van der Waals surface area (Å²) < 4.78 is 1.79. The van der Waals surface area contributed by atoms with Gasteiger partial charge in [-0.1, -0.05) is 54.6 Å². The maximum Gasteiger partial charge on any atom is 0.185 e. The summed E-state index contributed by atoms with van der Waals surface area (Å²) in [4.78, 5) is 12.7. The van der Waals surface area contributed by atoms with E-state index in [9.17, 15) is 4.79 Å². The van der Waals surface area contributed by atoms with Crippen LogP contribution in [0, 0.1) is 13.8 Å². The molecule has 0 saturated heterocycles. The van der Waals surface area contributed by atoms with Crippen LogP contribution in [0.4, 0.5) is 0 Å². The zero-order valence-corrected chi connectivity index (χ0v) is 16.4. The third kappa shape index (κ3) is 4.43. The summed E-state index contributed by atoms with van der Waals surface area (Å²) in [6.45, 7) is 8.24. The number of ketones is 1. The Hall–Kier alpha value is -2.94. The minimum atomic E-state index is 0.104. The van der Waals surface area contributed by atoms with Gasteiger partial charge >= 0.3 is 0 Å². The van der Waals surface area contributed by atoms with Gasteiger partial charge in [-0.3, -0.25) is 9.48 Å². The molecule has 0 N–H and O–H groups in total. The molecule has 3 rings (SSSR count). The fraction of sp³-hybridized carbons (Fsp3) is 0.250. The molecule has 3 heteroatoms. The third-order valence-electron chi connectivity index (χ3n) is 4.81. The van der Waals surface area contributed by atoms with E-state index < -0.39 is 0 Å². The van der Waals surface area contributed by atoms with Gasteiger partial charge in [-0.05, 0) is 61.6 Å². The SMILES string of the molecule is Cc1ccccc1/C=C/c1ccc(CC(=O)c2ccnn2C(C)C)c(C)c1. The average molecular weight is 358 g/mol. The monoisotopic (exact) mass is 358 g/mol. The van der Waals surface area contributed by atoms with Crippen molar-refractivity contribution in [3.8, 4) is 0 Å². The van der Waals surface area contributed by atoms with E-state index in [2.05, 4.69) is 67.5 Å². The van der Waals surface area contributed by atoms with E-state index in [0.717, 1.165) is 16.7 Å². The fourth-order valence-corrected chi connectivity index (χ4v) is 3.19. The van der Waals surface area contributed by atoms with Gasteiger partial charge in [0.2, 0.25) is 0 Å². The standard InChI is InChI=1S/C24H26N2O/c1-17(2)26-23(13-14-25-26)24(27)16-22-12-10-20(15-19(22)4)9-11-21-8-6-5-7-18(21)3/h5-15,17H,16H2,1-4H3/b11-9+. The molecule has 1 heterocycles. The second-order valence-electron chi connectivity index (χ2n) is 7.23. The Balaban J connectivity index is 1.76. The number of Topliss-reactive ketones (excluding diaryl/α,β-unsaturated/α-hetero) is 1. The van der Waals surface area contributed by atoms with Crippen LogP contribution in [0.15, 0.2) is 54.7 Å². The molecule has 0 radical (unpaired) electrons. The van der Waals surface area contributed by atoms with Gasteiger partial charge in [0.05, 0.1) is 0 Å². The summed E-state index contributed by atoms with van der Waals surface area (Å²) in [7, 11) is 0. The Labute approximate surface area is 161 Å². The van der Waals surface area contributed by atoms with Crippen LogP contribution in [-0.4, -0.2) is 15.6 Å². The first-order valence-corrected chi connectivity index (χ1v) is 9.35. The molecule has 3 aromatic rings. The van der Waals surface area contributed by atoms with Crippen molar-refractivity contribution in [2.75, 3.05) is 0 Å². The molecule has 0 spiro atoms. The lowest BCUT2D eigenvalue weighted by molar-refractivity contribution is 0.0980. The normalized spacial score (nSPS) is 11.4. The third-order valence-corrected chi connectivity index (χ3v) is 4.81. The maximum atomic E-state index is 12.7. The molecular formula is C24H26N2O. The summed E-state index contributed by atoms with van der Waals surface area (Å²) in [6, 6.07) is 16.6. The smallest absolute Gasteiger partial charge is 0.185 e. The number of nitrogens with zero attached hydrogens (tertiary/aromatic N) is 2. The van der Waals surface area contributed by atoms with Gasteiger partial charge in [0.15, 0.2) is 5.78 Å². The van der Waals surface area contributed by atoms with Gasteiger partial charge < -0.3 is 0 Å². The molecule has 2 aromatic carbocycles. The van der Waals surface area contributed by atoms with Gasteiger partial charge in [0.1, 0.15) is 5.69 Å². The number of aromatic nitrogens is 2. The molecule has 0 amide bonds. The number of hydrogen-bond acceptors (Lipinski definition) is 2. The molecule has 0 fully saturated rings. The van der Waals surface area contributed by atoms with Crippen molar-refractivity contribution < 1.29 is 4.79 Å². The van der Waals surface area contributed by atoms with Crippen LogP contribution in [0.3, 0.4) is 0 Å². The van der Waals surface area contributed by atoms with Crippen LogP contribution in [-0.2, 0) is 6.42 Å². The van der Waals surface area contributed by atoms with Crippen molar-refractivity contribution in [1.82, 2.24) is 9.78 Å². The average Bonchev–Trinajstić information content (AvgIpc) is 3.13. The number of carbonyl (C=O) groups excluding carboxylic acids is 1. The number of benzene rings is 2. The summed E-state index contributed by atoms with van der Waals surface area (Å²) in [5, 5.41) is 4.26. The van der Waals surface area contributed by atoms with Crippen LogP contribution in [0.2, 0.25) is 0 Å². The minimum absolute atomic E-state index is 0.104. The van der Waals surface area contributed by atoms with Gasteiger partial charge in [-0.25, -0.2) is 0 Å². The van der Waals surface area contributed by atoms with Crippen LogP contribution in [0.1, 0.15) is 58.2 Å². The zero-order chi connectivity index (χ0) is 19.4. The summed E-state index contributed by atoms with van der Waals surface area (Å²) in [5.41, 5.74) is 6.48. The number of carbonyl (C=O) groups is 1. The highest BCUT2D eigenvalue weighted by Gasteiger charge is 2.15. The molecule has 1 aromatic heterocycles. The van der Waals surface area contributed by atoms with Gasteiger partial charge in [-0.15, -0.1) is 0 Å². The quantitative estimate of drug-likeness (QED) is 0.420. The lowest BCUT2D eigenvalue weighted by Gasteiger charge is -2.11. The Morgan fingerprint density at radius 3 is 2.52 bits per heavy atom. The lowest BCUT2D eigenvalue weighted by atomic mass is 9.99. The van der Waals surface area contributed by atoms with Gasteiger partial charge in [-0.2, -0.15) is 5.10 Å². The highest BCUT2D eigenvalue weighted by atomic mass is 16.1. The second-order valence-corrected chi connectivity index (χ2v) is 7.23.